The number of alkyl halides is 2. The van der Waals surface area contributed by atoms with Crippen LogP contribution < -0.4 is 15.8 Å². The summed E-state index contributed by atoms with van der Waals surface area (Å²) < 4.78 is 42.7. The maximum absolute atomic E-state index is 14.9. The number of rotatable bonds is 9. The van der Waals surface area contributed by atoms with Gasteiger partial charge in [0.05, 0.1) is 37.0 Å². The van der Waals surface area contributed by atoms with E-state index in [0.29, 0.717) is 59.4 Å². The Balaban J connectivity index is 1.06. The number of nitrogens with zero attached hydrogens (tertiary/aromatic N) is 8. The first-order valence-electron chi connectivity index (χ1n) is 18.2. The van der Waals surface area contributed by atoms with Crippen molar-refractivity contribution in [3.63, 3.8) is 0 Å². The molecule has 56 heavy (non-hydrogen) atoms. The number of fused-ring (bicyclic) bond motifs is 2. The van der Waals surface area contributed by atoms with E-state index in [9.17, 15) is 28.3 Å². The summed E-state index contributed by atoms with van der Waals surface area (Å²) in [7, 11) is 0. The number of piperidine rings is 1. The van der Waals surface area contributed by atoms with E-state index in [1.54, 1.807) is 38.1 Å². The standard InChI is InChI=1S/C38H40F2N10O6/c1-4-49-32-28(17-43-26(11-13-37(2,3)54)30(32)45-34(49)31-33(41)47-56-46-31)55-20-22-8-7-15-48(19-22)36(53)27-16-38(39,40)21-50(27)29(51)18-44-35(52)24-12-14-42-25-10-6-5-9-23(24)25/h5-6,9-10,12,14,17,22,27,54H,4,7-8,15-16,18-21H2,1-3H3,(H2,41,47)(H,44,52)/t22-,27-/m0/s1. The molecule has 0 radical (unpaired) electrons. The summed E-state index contributed by atoms with van der Waals surface area (Å²) in [6.07, 6.45) is 3.43. The first-order valence-corrected chi connectivity index (χ1v) is 18.2. The minimum atomic E-state index is -3.28. The van der Waals surface area contributed by atoms with Gasteiger partial charge in [0.2, 0.25) is 11.8 Å². The molecule has 0 spiro atoms. The first kappa shape index (κ1) is 38.1. The van der Waals surface area contributed by atoms with Crippen LogP contribution in [0.2, 0.25) is 0 Å². The zero-order valence-corrected chi connectivity index (χ0v) is 31.0. The van der Waals surface area contributed by atoms with E-state index in [1.807, 2.05) is 11.5 Å². The lowest BCUT2D eigenvalue weighted by molar-refractivity contribution is -0.144. The molecule has 6 heterocycles. The second-order valence-corrected chi connectivity index (χ2v) is 14.4. The van der Waals surface area contributed by atoms with Crippen molar-refractivity contribution in [2.45, 2.75) is 64.1 Å². The minimum Gasteiger partial charge on any atom is -0.489 e. The third kappa shape index (κ3) is 7.80. The molecule has 5 aromatic rings. The molecule has 0 unspecified atom stereocenters. The van der Waals surface area contributed by atoms with E-state index >= 15 is 0 Å². The number of halogens is 2. The molecule has 18 heteroatoms. The highest BCUT2D eigenvalue weighted by Gasteiger charge is 2.51. The number of carbonyl (C=O) groups excluding carboxylic acids is 3. The van der Waals surface area contributed by atoms with Gasteiger partial charge in [0.25, 0.3) is 11.8 Å². The fourth-order valence-electron chi connectivity index (χ4n) is 7.13. The van der Waals surface area contributed by atoms with Crippen molar-refractivity contribution in [1.29, 1.82) is 0 Å². The molecule has 292 valence electrons. The Morgan fingerprint density at radius 3 is 2.73 bits per heavy atom. The predicted molar refractivity (Wildman–Crippen MR) is 198 cm³/mol. The molecule has 2 aliphatic heterocycles. The van der Waals surface area contributed by atoms with Crippen LogP contribution in [0.25, 0.3) is 33.5 Å². The number of imidazole rings is 1. The summed E-state index contributed by atoms with van der Waals surface area (Å²) in [6, 6.07) is 7.12. The van der Waals surface area contributed by atoms with Crippen molar-refractivity contribution in [3.05, 3.63) is 54.0 Å². The highest BCUT2D eigenvalue weighted by atomic mass is 19.3. The van der Waals surface area contributed by atoms with Crippen molar-refractivity contribution in [3.8, 4) is 29.1 Å². The molecule has 1 aromatic carbocycles. The van der Waals surface area contributed by atoms with Crippen LogP contribution in [0.1, 0.15) is 56.1 Å². The second kappa shape index (κ2) is 15.1. The molecule has 3 amide bonds. The molecule has 2 aliphatic rings. The zero-order chi connectivity index (χ0) is 39.8. The Kier molecular flexibility index (Phi) is 10.3. The fraction of sp³-hybridized carbons (Fsp3) is 0.421. The van der Waals surface area contributed by atoms with Crippen LogP contribution >= 0.6 is 0 Å². The van der Waals surface area contributed by atoms with Gasteiger partial charge in [-0.05, 0) is 62.0 Å². The highest BCUT2D eigenvalue weighted by molar-refractivity contribution is 6.07. The van der Waals surface area contributed by atoms with Crippen LogP contribution in [0, 0.1) is 17.8 Å². The lowest BCUT2D eigenvalue weighted by atomic mass is 9.98. The Morgan fingerprint density at radius 2 is 1.98 bits per heavy atom. The number of nitrogen functional groups attached to an aromatic ring is 1. The van der Waals surface area contributed by atoms with Crippen molar-refractivity contribution in [2.75, 3.05) is 38.5 Å². The summed E-state index contributed by atoms with van der Waals surface area (Å²) in [5, 5.41) is 20.9. The summed E-state index contributed by atoms with van der Waals surface area (Å²) in [4.78, 5) is 56.1. The molecular formula is C38H40F2N10O6. The van der Waals surface area contributed by atoms with Crippen LogP contribution in [0.3, 0.4) is 0 Å². The van der Waals surface area contributed by atoms with E-state index in [2.05, 4.69) is 37.4 Å². The van der Waals surface area contributed by atoms with Gasteiger partial charge in [0.15, 0.2) is 23.1 Å². The Hall–Kier alpha value is -6.22. The molecular weight excluding hydrogens is 730 g/mol. The minimum absolute atomic E-state index is 0.0326. The van der Waals surface area contributed by atoms with Gasteiger partial charge in [-0.15, -0.1) is 0 Å². The number of aryl methyl sites for hydroxylation is 1. The van der Waals surface area contributed by atoms with Crippen LogP contribution in [0.15, 0.2) is 47.4 Å². The van der Waals surface area contributed by atoms with Crippen LogP contribution in [0.4, 0.5) is 14.6 Å². The number of nitrogens with two attached hydrogens (primary N) is 1. The SMILES string of the molecule is CCn1c(-c2nonc2N)nc2c(C#CC(C)(C)O)ncc(OC[C@H]3CCCN(C(=O)[C@@H]4CC(F)(F)CN4C(=O)CNC(=O)c4ccnc5ccccc45)C3)c21. The lowest BCUT2D eigenvalue weighted by Gasteiger charge is -2.36. The highest BCUT2D eigenvalue weighted by Crippen LogP contribution is 2.36. The molecule has 0 bridgehead atoms. The zero-order valence-electron chi connectivity index (χ0n) is 31.0. The number of para-hydroxylation sites is 1. The summed E-state index contributed by atoms with van der Waals surface area (Å²) in [5.74, 6) is 0.984. The lowest BCUT2D eigenvalue weighted by Crippen LogP contribution is -2.52. The third-order valence-electron chi connectivity index (χ3n) is 9.74. The van der Waals surface area contributed by atoms with E-state index < -0.39 is 54.8 Å². The number of anilines is 1. The molecule has 16 nitrogen and oxygen atoms in total. The first-order chi connectivity index (χ1) is 26.7. The molecule has 7 rings (SSSR count). The quantitative estimate of drug-likeness (QED) is 0.185. The number of pyridine rings is 2. The van der Waals surface area contributed by atoms with Gasteiger partial charge < -0.3 is 35.3 Å². The van der Waals surface area contributed by atoms with Gasteiger partial charge in [0.1, 0.15) is 28.4 Å². The van der Waals surface area contributed by atoms with E-state index in [0.717, 1.165) is 4.90 Å². The number of hydrogen-bond donors (Lipinski definition) is 3. The van der Waals surface area contributed by atoms with Crippen LogP contribution in [0.5, 0.6) is 5.75 Å². The van der Waals surface area contributed by atoms with E-state index in [1.165, 1.54) is 23.4 Å². The number of amides is 3. The summed E-state index contributed by atoms with van der Waals surface area (Å²) in [5.41, 5.74) is 6.99. The topological polar surface area (TPSA) is 208 Å². The Morgan fingerprint density at radius 1 is 1.18 bits per heavy atom. The van der Waals surface area contributed by atoms with Crippen molar-refractivity contribution in [2.24, 2.45) is 5.92 Å². The van der Waals surface area contributed by atoms with Crippen molar-refractivity contribution in [1.82, 2.24) is 44.9 Å². The largest absolute Gasteiger partial charge is 0.489 e. The fourth-order valence-corrected chi connectivity index (χ4v) is 7.13. The number of nitrogens with one attached hydrogen (secondary N) is 1. The molecule has 2 fully saturated rings. The molecule has 0 aliphatic carbocycles. The van der Waals surface area contributed by atoms with Gasteiger partial charge in [-0.2, -0.15) is 0 Å². The molecule has 0 saturated carbocycles. The number of carbonyl (C=O) groups is 3. The normalized spacial score (nSPS) is 18.2. The molecule has 4 N–H and O–H groups in total. The van der Waals surface area contributed by atoms with E-state index in [-0.39, 0.29) is 41.8 Å². The average molecular weight is 771 g/mol. The monoisotopic (exact) mass is 770 g/mol. The number of ether oxygens (including phenoxy) is 1. The van der Waals surface area contributed by atoms with Crippen molar-refractivity contribution < 1.29 is 37.6 Å². The van der Waals surface area contributed by atoms with Crippen LogP contribution in [-0.4, -0.2) is 113 Å². The maximum Gasteiger partial charge on any atom is 0.267 e. The summed E-state index contributed by atoms with van der Waals surface area (Å²) >= 11 is 0. The average Bonchev–Trinajstić information content (AvgIpc) is 3.88. The Bertz CT molecular complexity index is 2370. The number of aliphatic hydroxyl groups is 1. The third-order valence-corrected chi connectivity index (χ3v) is 9.74. The number of hydrogen-bond acceptors (Lipinski definition) is 12. The second-order valence-electron chi connectivity index (χ2n) is 14.4. The molecule has 2 atom stereocenters. The smallest absolute Gasteiger partial charge is 0.267 e. The van der Waals surface area contributed by atoms with Gasteiger partial charge in [-0.25, -0.2) is 23.4 Å². The number of likely N-dealkylation sites (tertiary alicyclic amines) is 2. The Labute approximate surface area is 319 Å². The van der Waals surface area contributed by atoms with Gasteiger partial charge in [-0.1, -0.05) is 24.1 Å². The predicted octanol–water partition coefficient (Wildman–Crippen LogP) is 3.04. The molecule has 2 saturated heterocycles. The van der Waals surface area contributed by atoms with Gasteiger partial charge in [0, 0.05) is 43.6 Å². The summed E-state index contributed by atoms with van der Waals surface area (Å²) in [6.45, 7) is 4.58. The maximum atomic E-state index is 14.9. The van der Waals surface area contributed by atoms with Gasteiger partial charge in [-0.3, -0.25) is 19.4 Å². The van der Waals surface area contributed by atoms with Gasteiger partial charge >= 0.3 is 0 Å². The van der Waals surface area contributed by atoms with Crippen LogP contribution in [-0.2, 0) is 16.1 Å². The number of aromatic nitrogens is 6. The van der Waals surface area contributed by atoms with E-state index in [4.69, 9.17) is 20.1 Å². The van der Waals surface area contributed by atoms with Crippen molar-refractivity contribution >= 4 is 45.5 Å². The molecule has 4 aromatic heterocycles. The number of benzene rings is 1.